The summed E-state index contributed by atoms with van der Waals surface area (Å²) in [7, 11) is -2.88. The summed E-state index contributed by atoms with van der Waals surface area (Å²) in [6, 6.07) is 0.162. The highest BCUT2D eigenvalue weighted by molar-refractivity contribution is 7.99. The van der Waals surface area contributed by atoms with Crippen molar-refractivity contribution >= 4 is 21.6 Å². The van der Waals surface area contributed by atoms with E-state index in [1.807, 2.05) is 11.8 Å². The fourth-order valence-corrected chi connectivity index (χ4v) is 4.32. The number of thioether (sulfide) groups is 1. The molecule has 0 saturated heterocycles. The lowest BCUT2D eigenvalue weighted by molar-refractivity contribution is 0.319. The highest BCUT2D eigenvalue weighted by Gasteiger charge is 2.31. The fourth-order valence-electron chi connectivity index (χ4n) is 2.35. The Morgan fingerprint density at radius 2 is 2.12 bits per heavy atom. The Morgan fingerprint density at radius 3 is 2.69 bits per heavy atom. The van der Waals surface area contributed by atoms with Crippen molar-refractivity contribution in [3.8, 4) is 0 Å². The van der Waals surface area contributed by atoms with Gasteiger partial charge in [0.2, 0.25) is 0 Å². The number of sulfone groups is 1. The van der Waals surface area contributed by atoms with Gasteiger partial charge < -0.3 is 5.73 Å². The van der Waals surface area contributed by atoms with E-state index in [-0.39, 0.29) is 11.3 Å². The van der Waals surface area contributed by atoms with Crippen molar-refractivity contribution in [2.24, 2.45) is 11.7 Å². The first-order valence-corrected chi connectivity index (χ1v) is 9.08. The number of nitrogens with two attached hydrogens (primary N) is 1. The quantitative estimate of drug-likeness (QED) is 0.821. The third kappa shape index (κ3) is 4.26. The van der Waals surface area contributed by atoms with Crippen molar-refractivity contribution in [2.45, 2.75) is 43.9 Å². The van der Waals surface area contributed by atoms with Crippen LogP contribution >= 0.6 is 11.8 Å². The van der Waals surface area contributed by atoms with Gasteiger partial charge in [-0.1, -0.05) is 13.3 Å². The molecule has 0 aromatic carbocycles. The van der Waals surface area contributed by atoms with Gasteiger partial charge >= 0.3 is 0 Å². The van der Waals surface area contributed by atoms with E-state index < -0.39 is 9.84 Å². The van der Waals surface area contributed by atoms with Gasteiger partial charge in [0.05, 0.1) is 5.25 Å². The minimum atomic E-state index is -2.88. The minimum absolute atomic E-state index is 0.149. The molecule has 1 fully saturated rings. The lowest BCUT2D eigenvalue weighted by atomic mass is 9.84. The zero-order valence-electron chi connectivity index (χ0n) is 10.2. The smallest absolute Gasteiger partial charge is 0.150 e. The normalized spacial score (nSPS) is 28.9. The average molecular weight is 265 g/mol. The molecule has 0 heterocycles. The van der Waals surface area contributed by atoms with Gasteiger partial charge in [0.25, 0.3) is 0 Å². The van der Waals surface area contributed by atoms with Crippen molar-refractivity contribution in [1.82, 2.24) is 0 Å². The summed E-state index contributed by atoms with van der Waals surface area (Å²) in [5.74, 6) is 2.43. The summed E-state index contributed by atoms with van der Waals surface area (Å²) in [5.41, 5.74) is 6.12. The summed E-state index contributed by atoms with van der Waals surface area (Å²) < 4.78 is 23.0. The number of hydrogen-bond acceptors (Lipinski definition) is 4. The molecular formula is C11H23NO2S2. The Labute approximate surface area is 103 Å². The van der Waals surface area contributed by atoms with Gasteiger partial charge in [-0.3, -0.25) is 0 Å². The molecule has 2 N–H and O–H groups in total. The number of hydrogen-bond donors (Lipinski definition) is 1. The maximum absolute atomic E-state index is 11.5. The standard InChI is InChI=1S/C11H23NO2S2/c1-3-15-8-11(12)9-5-4-6-10(7-9)16(2,13)14/h9-11H,3-8,12H2,1-2H3. The van der Waals surface area contributed by atoms with Crippen LogP contribution in [-0.4, -0.2) is 37.5 Å². The van der Waals surface area contributed by atoms with E-state index in [0.717, 1.165) is 37.2 Å². The van der Waals surface area contributed by atoms with Crippen molar-refractivity contribution in [3.05, 3.63) is 0 Å². The van der Waals surface area contributed by atoms with Gasteiger partial charge in [0, 0.05) is 18.1 Å². The predicted octanol–water partition coefficient (Wildman–Crippen LogP) is 1.67. The first-order chi connectivity index (χ1) is 7.45. The molecule has 3 atom stereocenters. The summed E-state index contributed by atoms with van der Waals surface area (Å²) in [6.07, 6.45) is 5.05. The lowest BCUT2D eigenvalue weighted by Crippen LogP contribution is -2.39. The molecule has 5 heteroatoms. The van der Waals surface area contributed by atoms with Gasteiger partial charge in [-0.2, -0.15) is 11.8 Å². The summed E-state index contributed by atoms with van der Waals surface area (Å²) >= 11 is 1.84. The molecular weight excluding hydrogens is 242 g/mol. The molecule has 1 rings (SSSR count). The van der Waals surface area contributed by atoms with Crippen LogP contribution in [0.15, 0.2) is 0 Å². The second-order valence-electron chi connectivity index (χ2n) is 4.70. The van der Waals surface area contributed by atoms with E-state index in [2.05, 4.69) is 6.92 Å². The predicted molar refractivity (Wildman–Crippen MR) is 71.6 cm³/mol. The fraction of sp³-hybridized carbons (Fsp3) is 1.00. The summed E-state index contributed by atoms with van der Waals surface area (Å²) in [4.78, 5) is 0. The van der Waals surface area contributed by atoms with E-state index >= 15 is 0 Å². The van der Waals surface area contributed by atoms with Crippen LogP contribution in [0.1, 0.15) is 32.6 Å². The van der Waals surface area contributed by atoms with E-state index in [1.54, 1.807) is 0 Å². The molecule has 0 amide bonds. The van der Waals surface area contributed by atoms with Gasteiger partial charge in [-0.15, -0.1) is 0 Å². The van der Waals surface area contributed by atoms with E-state index in [0.29, 0.717) is 5.92 Å². The molecule has 3 unspecified atom stereocenters. The Balaban J connectivity index is 2.50. The zero-order valence-corrected chi connectivity index (χ0v) is 11.8. The van der Waals surface area contributed by atoms with Crippen LogP contribution in [0.4, 0.5) is 0 Å². The molecule has 0 aliphatic heterocycles. The lowest BCUT2D eigenvalue weighted by Gasteiger charge is -2.31. The number of rotatable bonds is 5. The molecule has 0 spiro atoms. The largest absolute Gasteiger partial charge is 0.327 e. The van der Waals surface area contributed by atoms with Gasteiger partial charge in [-0.05, 0) is 30.9 Å². The monoisotopic (exact) mass is 265 g/mol. The minimum Gasteiger partial charge on any atom is -0.327 e. The Morgan fingerprint density at radius 1 is 1.44 bits per heavy atom. The van der Waals surface area contributed by atoms with Gasteiger partial charge in [0.15, 0.2) is 0 Å². The first kappa shape index (κ1) is 14.3. The second kappa shape index (κ2) is 6.26. The molecule has 1 saturated carbocycles. The maximum Gasteiger partial charge on any atom is 0.150 e. The molecule has 16 heavy (non-hydrogen) atoms. The van der Waals surface area contributed by atoms with Crippen molar-refractivity contribution < 1.29 is 8.42 Å². The molecule has 96 valence electrons. The van der Waals surface area contributed by atoms with Crippen LogP contribution in [0.5, 0.6) is 0 Å². The van der Waals surface area contributed by atoms with Gasteiger partial charge in [-0.25, -0.2) is 8.42 Å². The van der Waals surface area contributed by atoms with Crippen molar-refractivity contribution in [3.63, 3.8) is 0 Å². The summed E-state index contributed by atoms with van der Waals surface area (Å²) in [6.45, 7) is 2.12. The van der Waals surface area contributed by atoms with Crippen LogP contribution < -0.4 is 5.73 Å². The van der Waals surface area contributed by atoms with Crippen molar-refractivity contribution in [2.75, 3.05) is 17.8 Å². The molecule has 0 aromatic heterocycles. The van der Waals surface area contributed by atoms with Crippen LogP contribution in [0.3, 0.4) is 0 Å². The first-order valence-electron chi connectivity index (χ1n) is 5.97. The molecule has 1 aliphatic rings. The van der Waals surface area contributed by atoms with E-state index in [1.165, 1.54) is 6.26 Å². The molecule has 0 aromatic rings. The van der Waals surface area contributed by atoms with Crippen LogP contribution in [0.25, 0.3) is 0 Å². The van der Waals surface area contributed by atoms with Crippen LogP contribution in [0.2, 0.25) is 0 Å². The highest BCUT2D eigenvalue weighted by Crippen LogP contribution is 2.30. The topological polar surface area (TPSA) is 60.2 Å². The highest BCUT2D eigenvalue weighted by atomic mass is 32.2. The van der Waals surface area contributed by atoms with Crippen LogP contribution in [0, 0.1) is 5.92 Å². The van der Waals surface area contributed by atoms with Gasteiger partial charge in [0.1, 0.15) is 9.84 Å². The Kier molecular flexibility index (Phi) is 5.61. The third-order valence-corrected chi connectivity index (χ3v) is 6.06. The van der Waals surface area contributed by atoms with Crippen LogP contribution in [-0.2, 0) is 9.84 Å². The molecule has 0 radical (unpaired) electrons. The summed E-state index contributed by atoms with van der Waals surface area (Å²) in [5, 5.41) is -0.149. The zero-order chi connectivity index (χ0) is 12.2. The van der Waals surface area contributed by atoms with E-state index in [4.69, 9.17) is 5.73 Å². The Hall–Kier alpha value is 0.260. The third-order valence-electron chi connectivity index (χ3n) is 3.39. The van der Waals surface area contributed by atoms with E-state index in [9.17, 15) is 8.42 Å². The molecule has 0 bridgehead atoms. The van der Waals surface area contributed by atoms with Crippen molar-refractivity contribution in [1.29, 1.82) is 0 Å². The average Bonchev–Trinajstić information content (AvgIpc) is 2.25. The molecule has 3 nitrogen and oxygen atoms in total. The maximum atomic E-state index is 11.5. The second-order valence-corrected chi connectivity index (χ2v) is 8.35. The molecule has 1 aliphatic carbocycles. The SMILES string of the molecule is CCSCC(N)C1CCCC(S(C)(=O)=O)C1. The Bertz CT molecular complexity index is 303.